The van der Waals surface area contributed by atoms with E-state index in [1.165, 1.54) is 7.11 Å². The predicted molar refractivity (Wildman–Crippen MR) is 123 cm³/mol. The molecule has 158 valence electrons. The van der Waals surface area contributed by atoms with Gasteiger partial charge in [0, 0.05) is 23.8 Å². The van der Waals surface area contributed by atoms with Gasteiger partial charge in [0.2, 0.25) is 5.88 Å². The number of hydrogen-bond acceptors (Lipinski definition) is 6. The Hall–Kier alpha value is -2.91. The molecule has 0 atom stereocenters. The first-order chi connectivity index (χ1) is 14.9. The number of pyridine rings is 1. The number of esters is 1. The van der Waals surface area contributed by atoms with Crippen molar-refractivity contribution in [3.05, 3.63) is 75.1 Å². The van der Waals surface area contributed by atoms with E-state index in [1.54, 1.807) is 30.5 Å². The first-order valence-corrected chi connectivity index (χ1v) is 10.8. The van der Waals surface area contributed by atoms with E-state index >= 15 is 0 Å². The molecule has 9 heteroatoms. The zero-order chi connectivity index (χ0) is 22.0. The lowest BCUT2D eigenvalue weighted by atomic mass is 10.2. The van der Waals surface area contributed by atoms with Gasteiger partial charge in [0.25, 0.3) is 0 Å². The number of carbonyl (C=O) groups is 1. The number of aromatic nitrogens is 3. The largest absolute Gasteiger partial charge is 0.486 e. The maximum atomic E-state index is 11.7. The Kier molecular flexibility index (Phi) is 6.24. The van der Waals surface area contributed by atoms with Crippen molar-refractivity contribution < 1.29 is 19.0 Å². The van der Waals surface area contributed by atoms with E-state index < -0.39 is 5.97 Å². The van der Waals surface area contributed by atoms with Gasteiger partial charge < -0.3 is 18.8 Å². The van der Waals surface area contributed by atoms with Crippen LogP contribution in [0.2, 0.25) is 0 Å². The van der Waals surface area contributed by atoms with Gasteiger partial charge in [-0.05, 0) is 68.3 Å². The van der Waals surface area contributed by atoms with Crippen LogP contribution in [0.1, 0.15) is 16.2 Å². The van der Waals surface area contributed by atoms with Crippen LogP contribution in [0.5, 0.6) is 17.4 Å². The SMILES string of the molecule is COC(=O)c1cccc(OCc2nc3ccc(Oc4ncc(Br)cc4Br)cc3n2C)c1. The fourth-order valence-electron chi connectivity index (χ4n) is 2.98. The number of fused-ring (bicyclic) bond motifs is 1. The van der Waals surface area contributed by atoms with E-state index in [4.69, 9.17) is 14.2 Å². The number of rotatable bonds is 6. The number of carbonyl (C=O) groups excluding carboxylic acids is 1. The first-order valence-electron chi connectivity index (χ1n) is 9.20. The molecular weight excluding hydrogens is 530 g/mol. The van der Waals surface area contributed by atoms with Gasteiger partial charge in [0.05, 0.1) is 28.2 Å². The fourth-order valence-corrected chi connectivity index (χ4v) is 4.05. The highest BCUT2D eigenvalue weighted by molar-refractivity contribution is 9.11. The summed E-state index contributed by atoms with van der Waals surface area (Å²) < 4.78 is 20.1. The molecule has 2 heterocycles. The molecule has 0 fully saturated rings. The predicted octanol–water partition coefficient (Wildman–Crippen LogP) is 5.65. The second kappa shape index (κ2) is 9.07. The minimum atomic E-state index is -0.410. The minimum absolute atomic E-state index is 0.242. The van der Waals surface area contributed by atoms with Crippen molar-refractivity contribution in [3.63, 3.8) is 0 Å². The lowest BCUT2D eigenvalue weighted by molar-refractivity contribution is 0.0600. The Labute approximate surface area is 195 Å². The molecule has 7 nitrogen and oxygen atoms in total. The van der Waals surface area contributed by atoms with Crippen LogP contribution in [0.3, 0.4) is 0 Å². The Morgan fingerprint density at radius 1 is 1.10 bits per heavy atom. The molecule has 0 N–H and O–H groups in total. The monoisotopic (exact) mass is 545 g/mol. The Bertz CT molecular complexity index is 1270. The van der Waals surface area contributed by atoms with E-state index in [1.807, 2.05) is 35.9 Å². The molecule has 0 amide bonds. The highest BCUT2D eigenvalue weighted by atomic mass is 79.9. The second-order valence-corrected chi connectivity index (χ2v) is 8.36. The molecule has 0 aliphatic heterocycles. The summed E-state index contributed by atoms with van der Waals surface area (Å²) in [7, 11) is 3.26. The number of benzene rings is 2. The summed E-state index contributed by atoms with van der Waals surface area (Å²) in [6.07, 6.45) is 1.67. The summed E-state index contributed by atoms with van der Waals surface area (Å²) in [5.74, 6) is 2.00. The van der Waals surface area contributed by atoms with E-state index in [0.29, 0.717) is 22.9 Å². The average Bonchev–Trinajstić information content (AvgIpc) is 3.09. The van der Waals surface area contributed by atoms with Crippen LogP contribution in [-0.4, -0.2) is 27.6 Å². The highest BCUT2D eigenvalue weighted by Gasteiger charge is 2.12. The summed E-state index contributed by atoms with van der Waals surface area (Å²) in [6.45, 7) is 0.242. The van der Waals surface area contributed by atoms with Crippen molar-refractivity contribution in [3.8, 4) is 17.4 Å². The van der Waals surface area contributed by atoms with Gasteiger partial charge in [-0.1, -0.05) is 6.07 Å². The van der Waals surface area contributed by atoms with Crippen LogP contribution in [-0.2, 0) is 18.4 Å². The number of nitrogens with zero attached hydrogens (tertiary/aromatic N) is 3. The summed E-state index contributed by atoms with van der Waals surface area (Å²) in [4.78, 5) is 20.6. The van der Waals surface area contributed by atoms with Gasteiger partial charge in [0.15, 0.2) is 0 Å². The molecule has 0 saturated heterocycles. The number of imidazole rings is 1. The van der Waals surface area contributed by atoms with Crippen molar-refractivity contribution >= 4 is 48.9 Å². The first kappa shape index (κ1) is 21.3. The average molecular weight is 547 g/mol. The van der Waals surface area contributed by atoms with E-state index in [9.17, 15) is 4.79 Å². The molecule has 0 bridgehead atoms. The quantitative estimate of drug-likeness (QED) is 0.291. The third-order valence-electron chi connectivity index (χ3n) is 4.56. The van der Waals surface area contributed by atoms with Gasteiger partial charge in [0.1, 0.15) is 23.9 Å². The number of ether oxygens (including phenoxy) is 3. The molecule has 0 unspecified atom stereocenters. The fraction of sp³-hybridized carbons (Fsp3) is 0.136. The molecule has 4 rings (SSSR count). The molecule has 0 saturated carbocycles. The lowest BCUT2D eigenvalue weighted by Gasteiger charge is -2.08. The molecule has 2 aromatic carbocycles. The minimum Gasteiger partial charge on any atom is -0.486 e. The van der Waals surface area contributed by atoms with Crippen LogP contribution >= 0.6 is 31.9 Å². The molecule has 0 aliphatic carbocycles. The van der Waals surface area contributed by atoms with Gasteiger partial charge in [-0.3, -0.25) is 0 Å². The third kappa shape index (κ3) is 4.72. The summed E-state index contributed by atoms with van der Waals surface area (Å²) in [5.41, 5.74) is 2.15. The normalized spacial score (nSPS) is 10.8. The maximum Gasteiger partial charge on any atom is 0.337 e. The van der Waals surface area contributed by atoms with Crippen LogP contribution in [0.15, 0.2) is 63.7 Å². The Morgan fingerprint density at radius 3 is 2.71 bits per heavy atom. The van der Waals surface area contributed by atoms with Crippen molar-refractivity contribution in [2.24, 2.45) is 7.05 Å². The van der Waals surface area contributed by atoms with Gasteiger partial charge >= 0.3 is 5.97 Å². The van der Waals surface area contributed by atoms with Crippen molar-refractivity contribution in [2.75, 3.05) is 7.11 Å². The van der Waals surface area contributed by atoms with Crippen LogP contribution < -0.4 is 9.47 Å². The summed E-state index contributed by atoms with van der Waals surface area (Å²) in [5, 5.41) is 0. The van der Waals surface area contributed by atoms with Crippen molar-refractivity contribution in [1.29, 1.82) is 0 Å². The zero-order valence-electron chi connectivity index (χ0n) is 16.6. The maximum absolute atomic E-state index is 11.7. The summed E-state index contributed by atoms with van der Waals surface area (Å²) >= 11 is 6.83. The van der Waals surface area contributed by atoms with Gasteiger partial charge in [-0.25, -0.2) is 14.8 Å². The lowest BCUT2D eigenvalue weighted by Crippen LogP contribution is -2.05. The van der Waals surface area contributed by atoms with E-state index in [-0.39, 0.29) is 6.61 Å². The Morgan fingerprint density at radius 2 is 1.94 bits per heavy atom. The third-order valence-corrected chi connectivity index (χ3v) is 5.56. The Balaban J connectivity index is 1.53. The standard InChI is InChI=1S/C22H17Br2N3O4/c1-27-19-10-16(31-21-17(24)9-14(23)11-25-21)6-7-18(19)26-20(27)12-30-15-5-3-4-13(8-15)22(28)29-2/h3-11H,12H2,1-2H3. The number of aryl methyl sites for hydroxylation is 1. The molecule has 31 heavy (non-hydrogen) atoms. The van der Waals surface area contributed by atoms with Gasteiger partial charge in [-0.15, -0.1) is 0 Å². The van der Waals surface area contributed by atoms with E-state index in [2.05, 4.69) is 41.8 Å². The van der Waals surface area contributed by atoms with Crippen molar-refractivity contribution in [2.45, 2.75) is 6.61 Å². The number of hydrogen-bond donors (Lipinski definition) is 0. The van der Waals surface area contributed by atoms with E-state index in [0.717, 1.165) is 25.8 Å². The number of halogens is 2. The summed E-state index contributed by atoms with van der Waals surface area (Å²) in [6, 6.07) is 14.3. The second-order valence-electron chi connectivity index (χ2n) is 6.59. The molecular formula is C22H17Br2N3O4. The van der Waals surface area contributed by atoms with Gasteiger partial charge in [-0.2, -0.15) is 0 Å². The molecule has 2 aromatic heterocycles. The van der Waals surface area contributed by atoms with Crippen LogP contribution in [0.4, 0.5) is 0 Å². The number of methoxy groups -OCH3 is 1. The van der Waals surface area contributed by atoms with Crippen LogP contribution in [0, 0.1) is 0 Å². The topological polar surface area (TPSA) is 75.5 Å². The molecule has 0 aliphatic rings. The molecule has 0 spiro atoms. The molecule has 0 radical (unpaired) electrons. The van der Waals surface area contributed by atoms with Crippen molar-refractivity contribution in [1.82, 2.24) is 14.5 Å². The highest BCUT2D eigenvalue weighted by Crippen LogP contribution is 2.31. The molecule has 4 aromatic rings. The van der Waals surface area contributed by atoms with Crippen LogP contribution in [0.25, 0.3) is 11.0 Å². The zero-order valence-corrected chi connectivity index (χ0v) is 19.8. The smallest absolute Gasteiger partial charge is 0.337 e.